The molecule has 0 spiro atoms. The number of aryl methyl sites for hydroxylation is 1. The largest absolute Gasteiger partial charge is 0.326 e. The van der Waals surface area contributed by atoms with Crippen molar-refractivity contribution in [3.05, 3.63) is 78.6 Å². The van der Waals surface area contributed by atoms with Gasteiger partial charge in [0.1, 0.15) is 6.33 Å². The fourth-order valence-electron chi connectivity index (χ4n) is 3.76. The summed E-state index contributed by atoms with van der Waals surface area (Å²) in [7, 11) is 1.89. The zero-order valence-electron chi connectivity index (χ0n) is 17.5. The Morgan fingerprint density at radius 1 is 1.03 bits per heavy atom. The van der Waals surface area contributed by atoms with Gasteiger partial charge < -0.3 is 5.32 Å². The minimum Gasteiger partial charge on any atom is -0.326 e. The first-order valence-corrected chi connectivity index (χ1v) is 10.3. The third-order valence-electron chi connectivity index (χ3n) is 5.19. The SMILES string of the molecule is CC(=O)Nc1cc(-c2ccncc2Cl)cc(-n2cnc3cc(-c4cnn(C)c4)ccc32)c1. The molecule has 3 heterocycles. The summed E-state index contributed by atoms with van der Waals surface area (Å²) >= 11 is 6.39. The van der Waals surface area contributed by atoms with Crippen molar-refractivity contribution in [2.24, 2.45) is 7.05 Å². The number of nitrogens with zero attached hydrogens (tertiary/aromatic N) is 5. The molecule has 0 unspecified atom stereocenters. The number of imidazole rings is 1. The van der Waals surface area contributed by atoms with Crippen LogP contribution in [-0.4, -0.2) is 30.2 Å². The predicted octanol–water partition coefficient (Wildman–Crippen LogP) is 5.10. The Labute approximate surface area is 189 Å². The number of benzene rings is 2. The maximum Gasteiger partial charge on any atom is 0.221 e. The topological polar surface area (TPSA) is 77.6 Å². The summed E-state index contributed by atoms with van der Waals surface area (Å²) in [6, 6.07) is 13.8. The number of halogens is 1. The summed E-state index contributed by atoms with van der Waals surface area (Å²) < 4.78 is 3.77. The number of hydrogen-bond acceptors (Lipinski definition) is 4. The highest BCUT2D eigenvalue weighted by molar-refractivity contribution is 6.33. The van der Waals surface area contributed by atoms with Gasteiger partial charge >= 0.3 is 0 Å². The molecule has 0 aliphatic carbocycles. The lowest BCUT2D eigenvalue weighted by Gasteiger charge is -2.13. The number of carbonyl (C=O) groups is 1. The van der Waals surface area contributed by atoms with E-state index in [1.807, 2.05) is 60.4 Å². The minimum absolute atomic E-state index is 0.148. The molecule has 1 N–H and O–H groups in total. The number of aromatic nitrogens is 5. The van der Waals surface area contributed by atoms with Crippen molar-refractivity contribution in [2.75, 3.05) is 5.32 Å². The highest BCUT2D eigenvalue weighted by atomic mass is 35.5. The monoisotopic (exact) mass is 442 g/mol. The molecule has 7 nitrogen and oxygen atoms in total. The molecule has 158 valence electrons. The van der Waals surface area contributed by atoms with Crippen molar-refractivity contribution in [3.63, 3.8) is 0 Å². The second-order valence-corrected chi connectivity index (χ2v) is 7.93. The quantitative estimate of drug-likeness (QED) is 0.420. The van der Waals surface area contributed by atoms with Crippen LogP contribution in [-0.2, 0) is 11.8 Å². The third-order valence-corrected chi connectivity index (χ3v) is 5.49. The number of pyridine rings is 1. The molecule has 0 aliphatic heterocycles. The van der Waals surface area contributed by atoms with Crippen LogP contribution in [0.3, 0.4) is 0 Å². The van der Waals surface area contributed by atoms with Gasteiger partial charge in [-0.05, 0) is 47.5 Å². The van der Waals surface area contributed by atoms with E-state index in [0.29, 0.717) is 10.7 Å². The molecule has 0 saturated heterocycles. The second kappa shape index (κ2) is 7.94. The Kier molecular flexibility index (Phi) is 4.95. The first-order valence-electron chi connectivity index (χ1n) is 9.97. The number of rotatable bonds is 4. The molecule has 2 aromatic carbocycles. The van der Waals surface area contributed by atoms with Crippen LogP contribution in [0.2, 0.25) is 5.02 Å². The Bertz CT molecular complexity index is 1470. The molecule has 5 rings (SSSR count). The zero-order chi connectivity index (χ0) is 22.2. The summed E-state index contributed by atoms with van der Waals surface area (Å²) in [5, 5.41) is 7.66. The molecule has 0 aliphatic rings. The van der Waals surface area contributed by atoms with Crippen LogP contribution < -0.4 is 5.32 Å². The number of anilines is 1. The fraction of sp³-hybridized carbons (Fsp3) is 0.0833. The van der Waals surface area contributed by atoms with Crippen LogP contribution in [0.4, 0.5) is 5.69 Å². The minimum atomic E-state index is -0.148. The number of carbonyl (C=O) groups excluding carboxylic acids is 1. The molecular formula is C24H19ClN6O. The molecule has 3 aromatic heterocycles. The molecule has 0 atom stereocenters. The molecule has 1 amide bonds. The van der Waals surface area contributed by atoms with E-state index in [0.717, 1.165) is 39.0 Å². The Hall–Kier alpha value is -3.97. The molecule has 0 fully saturated rings. The van der Waals surface area contributed by atoms with Gasteiger partial charge in [-0.15, -0.1) is 0 Å². The van der Waals surface area contributed by atoms with E-state index >= 15 is 0 Å². The van der Waals surface area contributed by atoms with Gasteiger partial charge in [-0.1, -0.05) is 17.7 Å². The third kappa shape index (κ3) is 3.74. The summed E-state index contributed by atoms with van der Waals surface area (Å²) in [4.78, 5) is 20.4. The van der Waals surface area contributed by atoms with Gasteiger partial charge in [-0.2, -0.15) is 5.10 Å². The van der Waals surface area contributed by atoms with Crippen LogP contribution >= 0.6 is 11.6 Å². The lowest BCUT2D eigenvalue weighted by atomic mass is 10.0. The molecular weight excluding hydrogens is 424 g/mol. The standard InChI is InChI=1S/C24H19ClN6O/c1-15(32)29-19-7-17(21-5-6-26-12-22(21)25)8-20(10-19)31-14-27-23-9-16(3-4-24(23)31)18-11-28-30(2)13-18/h3-14H,1-2H3,(H,29,32). The lowest BCUT2D eigenvalue weighted by molar-refractivity contribution is -0.114. The van der Waals surface area contributed by atoms with Gasteiger partial charge in [0.05, 0.1) is 22.3 Å². The molecule has 0 radical (unpaired) electrons. The van der Waals surface area contributed by atoms with E-state index in [4.69, 9.17) is 11.6 Å². The summed E-state index contributed by atoms with van der Waals surface area (Å²) in [6.45, 7) is 1.48. The molecule has 32 heavy (non-hydrogen) atoms. The predicted molar refractivity (Wildman–Crippen MR) is 126 cm³/mol. The second-order valence-electron chi connectivity index (χ2n) is 7.53. The summed E-state index contributed by atoms with van der Waals surface area (Å²) in [6.07, 6.45) is 8.88. The van der Waals surface area contributed by atoms with E-state index in [1.165, 1.54) is 6.92 Å². The molecule has 0 saturated carbocycles. The van der Waals surface area contributed by atoms with Gasteiger partial charge in [-0.25, -0.2) is 4.98 Å². The Morgan fingerprint density at radius 2 is 1.91 bits per heavy atom. The maximum absolute atomic E-state index is 11.7. The molecule has 8 heteroatoms. The molecule has 5 aromatic rings. The van der Waals surface area contributed by atoms with Crippen LogP contribution in [0.25, 0.3) is 39.0 Å². The van der Waals surface area contributed by atoms with Gasteiger partial charge in [0.25, 0.3) is 0 Å². The van der Waals surface area contributed by atoms with E-state index in [1.54, 1.807) is 23.4 Å². The average molecular weight is 443 g/mol. The van der Waals surface area contributed by atoms with Crippen molar-refractivity contribution in [3.8, 4) is 27.9 Å². The van der Waals surface area contributed by atoms with Crippen molar-refractivity contribution < 1.29 is 4.79 Å². The number of fused-ring (bicyclic) bond motifs is 1. The fourth-order valence-corrected chi connectivity index (χ4v) is 3.99. The van der Waals surface area contributed by atoms with Crippen LogP contribution in [0, 0.1) is 0 Å². The van der Waals surface area contributed by atoms with Gasteiger partial charge in [0.2, 0.25) is 5.91 Å². The van der Waals surface area contributed by atoms with Crippen molar-refractivity contribution >= 4 is 34.2 Å². The van der Waals surface area contributed by atoms with Crippen molar-refractivity contribution in [1.82, 2.24) is 24.3 Å². The highest BCUT2D eigenvalue weighted by Crippen LogP contribution is 2.33. The van der Waals surface area contributed by atoms with Crippen molar-refractivity contribution in [1.29, 1.82) is 0 Å². The Balaban J connectivity index is 1.64. The number of nitrogens with one attached hydrogen (secondary N) is 1. The van der Waals surface area contributed by atoms with E-state index in [2.05, 4.69) is 26.4 Å². The van der Waals surface area contributed by atoms with Gasteiger partial charge in [0, 0.05) is 55.1 Å². The van der Waals surface area contributed by atoms with E-state index in [-0.39, 0.29) is 5.91 Å². The summed E-state index contributed by atoms with van der Waals surface area (Å²) in [5.74, 6) is -0.148. The normalized spacial score (nSPS) is 11.1. The van der Waals surface area contributed by atoms with Gasteiger partial charge in [0.15, 0.2) is 0 Å². The van der Waals surface area contributed by atoms with Crippen LogP contribution in [0.15, 0.2) is 73.6 Å². The lowest BCUT2D eigenvalue weighted by Crippen LogP contribution is -2.06. The first kappa shape index (κ1) is 20.0. The maximum atomic E-state index is 11.7. The van der Waals surface area contributed by atoms with Gasteiger partial charge in [-0.3, -0.25) is 19.0 Å². The van der Waals surface area contributed by atoms with Crippen molar-refractivity contribution in [2.45, 2.75) is 6.92 Å². The average Bonchev–Trinajstić information content (AvgIpc) is 3.39. The van der Waals surface area contributed by atoms with E-state index in [9.17, 15) is 4.79 Å². The van der Waals surface area contributed by atoms with E-state index < -0.39 is 0 Å². The molecule has 0 bridgehead atoms. The number of hydrogen-bond donors (Lipinski definition) is 1. The Morgan fingerprint density at radius 3 is 2.66 bits per heavy atom. The smallest absolute Gasteiger partial charge is 0.221 e. The highest BCUT2D eigenvalue weighted by Gasteiger charge is 2.12. The summed E-state index contributed by atoms with van der Waals surface area (Å²) in [5.41, 5.74) is 7.12. The first-order chi connectivity index (χ1) is 15.5. The van der Waals surface area contributed by atoms with Crippen LogP contribution in [0.1, 0.15) is 6.92 Å². The van der Waals surface area contributed by atoms with Crippen LogP contribution in [0.5, 0.6) is 0 Å². The number of amides is 1. The zero-order valence-corrected chi connectivity index (χ0v) is 18.2.